The van der Waals surface area contributed by atoms with Gasteiger partial charge in [-0.2, -0.15) is 0 Å². The molecule has 2 fully saturated rings. The van der Waals surface area contributed by atoms with Gasteiger partial charge in [-0.15, -0.1) is 37.2 Å². The molecule has 1 aromatic rings. The third kappa shape index (κ3) is 8.89. The number of rotatable bonds is 7. The summed E-state index contributed by atoms with van der Waals surface area (Å²) in [6, 6.07) is 9.01. The summed E-state index contributed by atoms with van der Waals surface area (Å²) in [5, 5.41) is 3.10. The van der Waals surface area contributed by atoms with Crippen molar-refractivity contribution in [1.29, 1.82) is 0 Å². The minimum Gasteiger partial charge on any atom is -0.369 e. The molecule has 5 nitrogen and oxygen atoms in total. The predicted octanol–water partition coefficient (Wildman–Crippen LogP) is 3.41. The second kappa shape index (κ2) is 14.3. The first kappa shape index (κ1) is 28.3. The molecule has 1 saturated carbocycles. The van der Waals surface area contributed by atoms with Gasteiger partial charge in [0.1, 0.15) is 0 Å². The molecule has 1 amide bonds. The van der Waals surface area contributed by atoms with E-state index >= 15 is 0 Å². The van der Waals surface area contributed by atoms with Crippen molar-refractivity contribution >= 4 is 48.8 Å². The second-order valence-corrected chi connectivity index (χ2v) is 7.94. The van der Waals surface area contributed by atoms with Gasteiger partial charge in [0.15, 0.2) is 0 Å². The molecule has 0 spiro atoms. The lowest BCUT2D eigenvalue weighted by atomic mass is 10.1. The molecule has 2 unspecified atom stereocenters. The lowest BCUT2D eigenvalue weighted by molar-refractivity contribution is -0.124. The van der Waals surface area contributed by atoms with Crippen LogP contribution in [0.1, 0.15) is 37.7 Å². The van der Waals surface area contributed by atoms with E-state index in [1.54, 1.807) is 0 Å². The summed E-state index contributed by atoms with van der Waals surface area (Å²) in [6.45, 7) is 8.53. The number of halogens is 3. The maximum absolute atomic E-state index is 12.1. The summed E-state index contributed by atoms with van der Waals surface area (Å²) >= 11 is 0. The van der Waals surface area contributed by atoms with E-state index in [-0.39, 0.29) is 55.1 Å². The highest BCUT2D eigenvalue weighted by Crippen LogP contribution is 2.24. The van der Waals surface area contributed by atoms with Crippen molar-refractivity contribution in [2.45, 2.75) is 45.1 Å². The highest BCUT2D eigenvalue weighted by molar-refractivity contribution is 5.86. The van der Waals surface area contributed by atoms with Gasteiger partial charge in [-0.1, -0.05) is 12.1 Å². The number of unbranched alkanes of at least 4 members (excludes halogenated alkanes) is 1. The van der Waals surface area contributed by atoms with Gasteiger partial charge in [0.05, 0.1) is 0 Å². The molecule has 1 aliphatic heterocycles. The van der Waals surface area contributed by atoms with Crippen LogP contribution in [0.3, 0.4) is 0 Å². The molecular weight excluding hydrogens is 431 g/mol. The third-order valence-corrected chi connectivity index (χ3v) is 5.78. The number of amides is 1. The predicted molar refractivity (Wildman–Crippen MR) is 129 cm³/mol. The summed E-state index contributed by atoms with van der Waals surface area (Å²) in [5.41, 5.74) is 8.56. The summed E-state index contributed by atoms with van der Waals surface area (Å²) in [5.74, 6) is 0.365. The lowest BCUT2D eigenvalue weighted by Crippen LogP contribution is -2.46. The number of carbonyl (C=O) groups is 1. The van der Waals surface area contributed by atoms with Gasteiger partial charge >= 0.3 is 0 Å². The van der Waals surface area contributed by atoms with E-state index in [1.165, 1.54) is 11.3 Å². The van der Waals surface area contributed by atoms with Crippen molar-refractivity contribution in [2.75, 3.05) is 44.2 Å². The standard InChI is InChI=1S/C21H34N4O.3ClH/c1-17-5-4-6-20(15-17)25-13-11-24(12-14-25)10-3-2-9-23-21(26)18-7-8-19(22)16-18;;;/h4-6,15,18-19H,2-3,7-14,16,22H2,1H3,(H,23,26);3*1H. The maximum atomic E-state index is 12.1. The van der Waals surface area contributed by atoms with Crippen LogP contribution in [0.25, 0.3) is 0 Å². The Bertz CT molecular complexity index is 597. The van der Waals surface area contributed by atoms with Crippen LogP contribution in [0, 0.1) is 12.8 Å². The molecule has 3 rings (SSSR count). The van der Waals surface area contributed by atoms with E-state index < -0.39 is 0 Å². The van der Waals surface area contributed by atoms with Crippen molar-refractivity contribution in [1.82, 2.24) is 10.2 Å². The average Bonchev–Trinajstić information content (AvgIpc) is 3.08. The van der Waals surface area contributed by atoms with Crippen LogP contribution >= 0.6 is 37.2 Å². The smallest absolute Gasteiger partial charge is 0.223 e. The number of nitrogens with two attached hydrogens (primary N) is 1. The fourth-order valence-corrected chi connectivity index (χ4v) is 4.13. The first-order chi connectivity index (χ1) is 12.6. The summed E-state index contributed by atoms with van der Waals surface area (Å²) in [7, 11) is 0. The van der Waals surface area contributed by atoms with E-state index in [0.717, 1.165) is 71.4 Å². The lowest BCUT2D eigenvalue weighted by Gasteiger charge is -2.36. The first-order valence-corrected chi connectivity index (χ1v) is 10.2. The van der Waals surface area contributed by atoms with Crippen LogP contribution in [0.2, 0.25) is 0 Å². The topological polar surface area (TPSA) is 61.6 Å². The number of carbonyl (C=O) groups excluding carboxylic acids is 1. The molecular formula is C21H37Cl3N4O. The Morgan fingerprint density at radius 2 is 1.83 bits per heavy atom. The monoisotopic (exact) mass is 466 g/mol. The zero-order valence-corrected chi connectivity index (χ0v) is 19.8. The van der Waals surface area contributed by atoms with Gasteiger partial charge in [-0.25, -0.2) is 0 Å². The van der Waals surface area contributed by atoms with Crippen molar-refractivity contribution in [2.24, 2.45) is 11.7 Å². The number of nitrogens with one attached hydrogen (secondary N) is 1. The molecule has 2 aliphatic rings. The highest BCUT2D eigenvalue weighted by atomic mass is 35.5. The number of aryl methyl sites for hydroxylation is 1. The van der Waals surface area contributed by atoms with Crippen molar-refractivity contribution in [3.8, 4) is 0 Å². The largest absolute Gasteiger partial charge is 0.369 e. The molecule has 1 saturated heterocycles. The second-order valence-electron chi connectivity index (χ2n) is 7.94. The van der Waals surface area contributed by atoms with Crippen LogP contribution in [-0.2, 0) is 4.79 Å². The number of hydrogen-bond acceptors (Lipinski definition) is 4. The fourth-order valence-electron chi connectivity index (χ4n) is 4.13. The summed E-state index contributed by atoms with van der Waals surface area (Å²) in [6.07, 6.45) is 5.01. The zero-order chi connectivity index (χ0) is 18.4. The molecule has 168 valence electrons. The Balaban J connectivity index is 0.00000261. The SMILES string of the molecule is Cc1cccc(N2CCN(CCCCNC(=O)C3CCC(N)C3)CC2)c1.Cl.Cl.Cl. The van der Waals surface area contributed by atoms with E-state index in [4.69, 9.17) is 5.73 Å². The molecule has 1 aromatic carbocycles. The molecule has 1 aliphatic carbocycles. The van der Waals surface area contributed by atoms with E-state index in [0.29, 0.717) is 0 Å². The Kier molecular flexibility index (Phi) is 14.0. The number of nitrogens with zero attached hydrogens (tertiary/aromatic N) is 2. The average molecular weight is 468 g/mol. The van der Waals surface area contributed by atoms with Crippen LogP contribution in [0.5, 0.6) is 0 Å². The molecule has 0 radical (unpaired) electrons. The fraction of sp³-hybridized carbons (Fsp3) is 0.667. The Morgan fingerprint density at radius 3 is 2.45 bits per heavy atom. The summed E-state index contributed by atoms with van der Waals surface area (Å²) in [4.78, 5) is 17.1. The minimum absolute atomic E-state index is 0. The van der Waals surface area contributed by atoms with Gasteiger partial charge in [-0.05, 0) is 63.3 Å². The number of piperazine rings is 1. The molecule has 3 N–H and O–H groups in total. The van der Waals surface area contributed by atoms with E-state index in [2.05, 4.69) is 46.3 Å². The minimum atomic E-state index is 0. The number of hydrogen-bond donors (Lipinski definition) is 2. The van der Waals surface area contributed by atoms with Crippen molar-refractivity contribution in [3.63, 3.8) is 0 Å². The van der Waals surface area contributed by atoms with Crippen LogP contribution < -0.4 is 16.0 Å². The Morgan fingerprint density at radius 1 is 1.10 bits per heavy atom. The number of anilines is 1. The van der Waals surface area contributed by atoms with Crippen molar-refractivity contribution in [3.05, 3.63) is 29.8 Å². The van der Waals surface area contributed by atoms with Crippen LogP contribution in [0.4, 0.5) is 5.69 Å². The summed E-state index contributed by atoms with van der Waals surface area (Å²) < 4.78 is 0. The zero-order valence-electron chi connectivity index (χ0n) is 17.3. The van der Waals surface area contributed by atoms with Gasteiger partial charge in [0.25, 0.3) is 0 Å². The van der Waals surface area contributed by atoms with Gasteiger partial charge in [0, 0.05) is 50.4 Å². The van der Waals surface area contributed by atoms with Crippen LogP contribution in [-0.4, -0.2) is 56.1 Å². The molecule has 8 heteroatoms. The van der Waals surface area contributed by atoms with Gasteiger partial charge in [0.2, 0.25) is 5.91 Å². The molecule has 0 aromatic heterocycles. The Labute approximate surface area is 194 Å². The van der Waals surface area contributed by atoms with Crippen LogP contribution in [0.15, 0.2) is 24.3 Å². The number of benzene rings is 1. The third-order valence-electron chi connectivity index (χ3n) is 5.78. The van der Waals surface area contributed by atoms with Crippen molar-refractivity contribution < 1.29 is 4.79 Å². The molecule has 2 atom stereocenters. The molecule has 1 heterocycles. The highest BCUT2D eigenvalue weighted by Gasteiger charge is 2.27. The quantitative estimate of drug-likeness (QED) is 0.603. The molecule has 0 bridgehead atoms. The van der Waals surface area contributed by atoms with E-state index in [1.807, 2.05) is 0 Å². The van der Waals surface area contributed by atoms with E-state index in [9.17, 15) is 4.79 Å². The normalized spacial score (nSPS) is 21.5. The first-order valence-electron chi connectivity index (χ1n) is 10.2. The Hall–Kier alpha value is -0.720. The maximum Gasteiger partial charge on any atom is 0.223 e. The molecule has 29 heavy (non-hydrogen) atoms. The van der Waals surface area contributed by atoms with Gasteiger partial charge < -0.3 is 16.0 Å². The van der Waals surface area contributed by atoms with Gasteiger partial charge in [-0.3, -0.25) is 9.69 Å².